The molecule has 3 aromatic rings. The molecule has 0 unspecified atom stereocenters. The molecule has 0 atom stereocenters. The molecule has 3 rings (SSSR count). The van der Waals surface area contributed by atoms with Gasteiger partial charge in [0.05, 0.1) is 5.69 Å². The zero-order chi connectivity index (χ0) is 15.9. The Morgan fingerprint density at radius 1 is 1.23 bits per heavy atom. The van der Waals surface area contributed by atoms with Gasteiger partial charge in [-0.15, -0.1) is 23.4 Å². The molecule has 0 aliphatic carbocycles. The summed E-state index contributed by atoms with van der Waals surface area (Å²) < 4.78 is 42.3. The molecule has 0 aliphatic heterocycles. The molecule has 0 spiro atoms. The van der Waals surface area contributed by atoms with Crippen LogP contribution in [0.5, 0.6) is 11.5 Å². The van der Waals surface area contributed by atoms with E-state index >= 15 is 0 Å². The maximum atomic E-state index is 12.4. The van der Waals surface area contributed by atoms with Crippen molar-refractivity contribution in [3.63, 3.8) is 0 Å². The molecular formula is C13H9F3N4O2. The van der Waals surface area contributed by atoms with Crippen LogP contribution < -0.4 is 4.74 Å². The second-order valence-electron chi connectivity index (χ2n) is 4.53. The molecule has 0 amide bonds. The number of alkyl halides is 3. The van der Waals surface area contributed by atoms with Crippen molar-refractivity contribution in [1.29, 1.82) is 0 Å². The van der Waals surface area contributed by atoms with E-state index in [1.165, 1.54) is 16.9 Å². The molecule has 114 valence electrons. The van der Waals surface area contributed by atoms with Gasteiger partial charge in [-0.2, -0.15) is 9.61 Å². The molecule has 0 radical (unpaired) electrons. The lowest BCUT2D eigenvalue weighted by molar-refractivity contribution is -0.275. The maximum Gasteiger partial charge on any atom is 0.573 e. The minimum absolute atomic E-state index is 0.384. The van der Waals surface area contributed by atoms with Crippen molar-refractivity contribution < 1.29 is 23.0 Å². The average Bonchev–Trinajstić information content (AvgIpc) is 2.87. The number of fused-ring (bicyclic) bond motifs is 1. The van der Waals surface area contributed by atoms with Crippen molar-refractivity contribution in [2.75, 3.05) is 0 Å². The van der Waals surface area contributed by atoms with Crippen LogP contribution in [0.25, 0.3) is 16.8 Å². The first-order chi connectivity index (χ1) is 10.3. The van der Waals surface area contributed by atoms with Gasteiger partial charge in [0, 0.05) is 5.56 Å². The largest absolute Gasteiger partial charge is 0.573 e. The van der Waals surface area contributed by atoms with Crippen molar-refractivity contribution in [2.24, 2.45) is 0 Å². The third kappa shape index (κ3) is 2.65. The molecular weight excluding hydrogens is 301 g/mol. The van der Waals surface area contributed by atoms with Crippen LogP contribution >= 0.6 is 0 Å². The van der Waals surface area contributed by atoms with Crippen LogP contribution in [-0.2, 0) is 0 Å². The number of hydrogen-bond donors (Lipinski definition) is 1. The van der Waals surface area contributed by atoms with Crippen molar-refractivity contribution >= 4 is 5.65 Å². The fraction of sp³-hybridized carbons (Fsp3) is 0.154. The van der Waals surface area contributed by atoms with Gasteiger partial charge in [-0.1, -0.05) is 6.07 Å². The number of nitrogens with zero attached hydrogens (tertiary/aromatic N) is 4. The van der Waals surface area contributed by atoms with E-state index in [0.717, 1.165) is 12.1 Å². The lowest BCUT2D eigenvalue weighted by Crippen LogP contribution is -2.17. The lowest BCUT2D eigenvalue weighted by Gasteiger charge is -2.12. The molecule has 0 saturated heterocycles. The second kappa shape index (κ2) is 4.86. The third-order valence-electron chi connectivity index (χ3n) is 2.89. The van der Waals surface area contributed by atoms with Gasteiger partial charge in [0.1, 0.15) is 6.33 Å². The van der Waals surface area contributed by atoms with Crippen LogP contribution in [0.2, 0.25) is 0 Å². The molecule has 0 fully saturated rings. The van der Waals surface area contributed by atoms with Crippen molar-refractivity contribution in [3.05, 3.63) is 36.3 Å². The van der Waals surface area contributed by atoms with E-state index in [4.69, 9.17) is 0 Å². The predicted octanol–water partition coefficient (Wildman–Crippen LogP) is 2.70. The Balaban J connectivity index is 2.15. The zero-order valence-corrected chi connectivity index (χ0v) is 11.2. The van der Waals surface area contributed by atoms with Gasteiger partial charge in [-0.25, -0.2) is 0 Å². The maximum absolute atomic E-state index is 12.4. The number of hydrogen-bond acceptors (Lipinski definition) is 5. The molecule has 0 bridgehead atoms. The van der Waals surface area contributed by atoms with Crippen LogP contribution in [0.1, 0.15) is 5.69 Å². The summed E-state index contributed by atoms with van der Waals surface area (Å²) in [5.74, 6) is -1.29. The van der Waals surface area contributed by atoms with Crippen LogP contribution in [0.4, 0.5) is 13.2 Å². The summed E-state index contributed by atoms with van der Waals surface area (Å²) in [6, 6.07) is 5.33. The highest BCUT2D eigenvalue weighted by Gasteiger charge is 2.32. The summed E-state index contributed by atoms with van der Waals surface area (Å²) in [6.45, 7) is 1.73. The highest BCUT2D eigenvalue weighted by atomic mass is 19.4. The highest BCUT2D eigenvalue weighted by Crippen LogP contribution is 2.36. The normalized spacial score (nSPS) is 11.8. The number of aromatic nitrogens is 4. The SMILES string of the molecule is Cc1cc(-c2ccc(O)c(OC(F)(F)F)c2)c2nncn2n1. The van der Waals surface area contributed by atoms with E-state index in [1.54, 1.807) is 13.0 Å². The summed E-state index contributed by atoms with van der Waals surface area (Å²) >= 11 is 0. The Morgan fingerprint density at radius 3 is 2.73 bits per heavy atom. The quantitative estimate of drug-likeness (QED) is 0.788. The summed E-state index contributed by atoms with van der Waals surface area (Å²) in [5, 5.41) is 21.3. The Labute approximate surface area is 121 Å². The van der Waals surface area contributed by atoms with Gasteiger partial charge in [-0.05, 0) is 30.7 Å². The molecule has 2 heterocycles. The van der Waals surface area contributed by atoms with Crippen molar-refractivity contribution in [2.45, 2.75) is 13.3 Å². The number of rotatable bonds is 2. The molecule has 1 N–H and O–H groups in total. The van der Waals surface area contributed by atoms with Crippen molar-refractivity contribution in [3.8, 4) is 22.6 Å². The van der Waals surface area contributed by atoms with Crippen LogP contribution in [0, 0.1) is 6.92 Å². The van der Waals surface area contributed by atoms with Gasteiger partial charge < -0.3 is 9.84 Å². The van der Waals surface area contributed by atoms with E-state index in [2.05, 4.69) is 20.0 Å². The van der Waals surface area contributed by atoms with Gasteiger partial charge >= 0.3 is 6.36 Å². The fourth-order valence-electron chi connectivity index (χ4n) is 2.05. The van der Waals surface area contributed by atoms with E-state index in [1.807, 2.05) is 0 Å². The Hall–Kier alpha value is -2.84. The monoisotopic (exact) mass is 310 g/mol. The van der Waals surface area contributed by atoms with Crippen LogP contribution in [-0.4, -0.2) is 31.3 Å². The Kier molecular flexibility index (Phi) is 3.12. The van der Waals surface area contributed by atoms with E-state index in [0.29, 0.717) is 22.5 Å². The predicted molar refractivity (Wildman–Crippen MR) is 69.3 cm³/mol. The van der Waals surface area contributed by atoms with Gasteiger partial charge in [0.2, 0.25) is 0 Å². The summed E-state index contributed by atoms with van der Waals surface area (Å²) in [4.78, 5) is 0. The first-order valence-electron chi connectivity index (χ1n) is 6.10. The number of aromatic hydroxyl groups is 1. The Bertz CT molecular complexity index is 845. The zero-order valence-electron chi connectivity index (χ0n) is 11.2. The molecule has 1 aromatic carbocycles. The second-order valence-corrected chi connectivity index (χ2v) is 4.53. The van der Waals surface area contributed by atoms with Crippen molar-refractivity contribution in [1.82, 2.24) is 19.8 Å². The fourth-order valence-corrected chi connectivity index (χ4v) is 2.05. The first-order valence-corrected chi connectivity index (χ1v) is 6.10. The molecule has 0 aliphatic rings. The number of ether oxygens (including phenoxy) is 1. The van der Waals surface area contributed by atoms with Gasteiger partial charge in [-0.3, -0.25) is 0 Å². The number of benzene rings is 1. The number of aryl methyl sites for hydroxylation is 1. The van der Waals surface area contributed by atoms with E-state index in [9.17, 15) is 18.3 Å². The average molecular weight is 310 g/mol. The van der Waals surface area contributed by atoms with Gasteiger partial charge in [0.25, 0.3) is 0 Å². The van der Waals surface area contributed by atoms with Crippen LogP contribution in [0.3, 0.4) is 0 Å². The molecule has 9 heteroatoms. The van der Waals surface area contributed by atoms with E-state index < -0.39 is 17.9 Å². The number of halogens is 3. The smallest absolute Gasteiger partial charge is 0.504 e. The van der Waals surface area contributed by atoms with Gasteiger partial charge in [0.15, 0.2) is 17.1 Å². The Morgan fingerprint density at radius 2 is 2.00 bits per heavy atom. The van der Waals surface area contributed by atoms with Crippen LogP contribution in [0.15, 0.2) is 30.6 Å². The molecule has 6 nitrogen and oxygen atoms in total. The standard InChI is InChI=1S/C13H9F3N4O2/c1-7-4-9(12-18-17-6-20(12)19-7)8-2-3-10(21)11(5-8)22-13(14,15)16/h2-6,21H,1H3. The highest BCUT2D eigenvalue weighted by molar-refractivity contribution is 5.78. The molecule has 0 saturated carbocycles. The number of phenolic OH excluding ortho intramolecular Hbond substituents is 1. The minimum Gasteiger partial charge on any atom is -0.504 e. The third-order valence-corrected chi connectivity index (χ3v) is 2.89. The topological polar surface area (TPSA) is 72.5 Å². The summed E-state index contributed by atoms with van der Waals surface area (Å²) in [7, 11) is 0. The summed E-state index contributed by atoms with van der Waals surface area (Å²) in [6.07, 6.45) is -3.51. The van der Waals surface area contributed by atoms with E-state index in [-0.39, 0.29) is 0 Å². The first kappa shape index (κ1) is 14.1. The summed E-state index contributed by atoms with van der Waals surface area (Å²) in [5.41, 5.74) is 1.93. The molecule has 22 heavy (non-hydrogen) atoms. The lowest BCUT2D eigenvalue weighted by atomic mass is 10.1. The minimum atomic E-state index is -4.89. The molecule has 2 aromatic heterocycles. The number of phenols is 1.